The van der Waals surface area contributed by atoms with Crippen LogP contribution in [-0.2, 0) is 6.54 Å². The van der Waals surface area contributed by atoms with E-state index in [0.717, 1.165) is 5.69 Å². The van der Waals surface area contributed by atoms with Crippen LogP contribution in [0.3, 0.4) is 0 Å². The van der Waals surface area contributed by atoms with Crippen LogP contribution in [0.4, 0.5) is 5.69 Å². The van der Waals surface area contributed by atoms with Gasteiger partial charge >= 0.3 is 0 Å². The zero-order valence-electron chi connectivity index (χ0n) is 11.7. The van der Waals surface area contributed by atoms with E-state index in [4.69, 9.17) is 11.6 Å². The molecule has 0 fully saturated rings. The van der Waals surface area contributed by atoms with Gasteiger partial charge in [0.1, 0.15) is 11.2 Å². The Hall–Kier alpha value is -2.45. The lowest BCUT2D eigenvalue weighted by atomic mass is 10.3. The van der Waals surface area contributed by atoms with Crippen molar-refractivity contribution < 1.29 is 4.92 Å². The van der Waals surface area contributed by atoms with Gasteiger partial charge in [0.15, 0.2) is 5.16 Å². The molecule has 0 amide bonds. The van der Waals surface area contributed by atoms with Crippen molar-refractivity contribution in [1.82, 2.24) is 19.5 Å². The number of rotatable bonds is 5. The highest BCUT2D eigenvalue weighted by Gasteiger charge is 2.14. The maximum absolute atomic E-state index is 10.7. The van der Waals surface area contributed by atoms with Crippen LogP contribution in [0.1, 0.15) is 5.69 Å². The van der Waals surface area contributed by atoms with E-state index in [1.807, 2.05) is 29.0 Å². The summed E-state index contributed by atoms with van der Waals surface area (Å²) in [6.07, 6.45) is 6.41. The van der Waals surface area contributed by atoms with E-state index in [-0.39, 0.29) is 10.7 Å². The second kappa shape index (κ2) is 6.76. The van der Waals surface area contributed by atoms with E-state index in [0.29, 0.717) is 16.7 Å². The monoisotopic (exact) mass is 347 g/mol. The number of pyridine rings is 2. The van der Waals surface area contributed by atoms with Crippen LogP contribution in [0.2, 0.25) is 5.02 Å². The fourth-order valence-corrected chi connectivity index (χ4v) is 2.93. The Labute approximate surface area is 140 Å². The van der Waals surface area contributed by atoms with Crippen LogP contribution in [0, 0.1) is 10.1 Å². The van der Waals surface area contributed by atoms with Crippen molar-refractivity contribution in [2.45, 2.75) is 16.7 Å². The average molecular weight is 348 g/mol. The highest BCUT2D eigenvalue weighted by molar-refractivity contribution is 7.99. The van der Waals surface area contributed by atoms with Crippen LogP contribution in [-0.4, -0.2) is 24.4 Å². The van der Waals surface area contributed by atoms with Gasteiger partial charge in [0.25, 0.3) is 5.69 Å². The molecule has 0 aliphatic carbocycles. The maximum Gasteiger partial charge on any atom is 0.289 e. The Morgan fingerprint density at radius 3 is 2.83 bits per heavy atom. The van der Waals surface area contributed by atoms with Crippen molar-refractivity contribution in [2.24, 2.45) is 0 Å². The molecule has 0 N–H and O–H groups in total. The van der Waals surface area contributed by atoms with Gasteiger partial charge < -0.3 is 4.57 Å². The van der Waals surface area contributed by atoms with Gasteiger partial charge in [-0.25, -0.2) is 9.97 Å². The summed E-state index contributed by atoms with van der Waals surface area (Å²) in [5.41, 5.74) is 0.756. The zero-order chi connectivity index (χ0) is 16.2. The Bertz CT molecular complexity index is 840. The smallest absolute Gasteiger partial charge is 0.289 e. The SMILES string of the molecule is O=[N+]([O-])c1cnc(Sc2nccn2Cc2ccccn2)c(Cl)c1. The predicted molar refractivity (Wildman–Crippen MR) is 85.6 cm³/mol. The van der Waals surface area contributed by atoms with Gasteiger partial charge in [-0.15, -0.1) is 0 Å². The molecule has 0 aliphatic rings. The Balaban J connectivity index is 1.82. The molecule has 0 bridgehead atoms. The minimum atomic E-state index is -0.532. The molecule has 0 atom stereocenters. The molecule has 116 valence electrons. The van der Waals surface area contributed by atoms with E-state index in [1.54, 1.807) is 12.4 Å². The number of hydrogen-bond donors (Lipinski definition) is 0. The molecule has 0 saturated heterocycles. The Kier molecular flexibility index (Phi) is 4.54. The van der Waals surface area contributed by atoms with Crippen LogP contribution < -0.4 is 0 Å². The summed E-state index contributed by atoms with van der Waals surface area (Å²) in [5, 5.41) is 12.1. The lowest BCUT2D eigenvalue weighted by Crippen LogP contribution is -2.02. The normalized spacial score (nSPS) is 10.7. The summed E-state index contributed by atoms with van der Waals surface area (Å²) in [6, 6.07) is 6.98. The first-order chi connectivity index (χ1) is 11.1. The standard InChI is InChI=1S/C14H10ClN5O2S/c15-12-7-11(20(21)22)8-18-13(12)23-14-17-5-6-19(14)9-10-3-1-2-4-16-10/h1-8H,9H2. The molecule has 0 aliphatic heterocycles. The van der Waals surface area contributed by atoms with E-state index < -0.39 is 4.92 Å². The molecule has 0 unspecified atom stereocenters. The van der Waals surface area contributed by atoms with Gasteiger partial charge in [-0.05, 0) is 23.9 Å². The van der Waals surface area contributed by atoms with Crippen LogP contribution >= 0.6 is 23.4 Å². The summed E-state index contributed by atoms with van der Waals surface area (Å²) >= 11 is 7.31. The molecule has 3 heterocycles. The van der Waals surface area contributed by atoms with Gasteiger partial charge in [-0.1, -0.05) is 17.7 Å². The topological polar surface area (TPSA) is 86.7 Å². The molecule has 9 heteroatoms. The van der Waals surface area contributed by atoms with Crippen LogP contribution in [0.15, 0.2) is 59.2 Å². The number of nitro groups is 1. The Morgan fingerprint density at radius 1 is 1.26 bits per heavy atom. The quantitative estimate of drug-likeness (QED) is 0.519. The van der Waals surface area contributed by atoms with Crippen molar-refractivity contribution in [3.63, 3.8) is 0 Å². The van der Waals surface area contributed by atoms with Crippen LogP contribution in [0.5, 0.6) is 0 Å². The maximum atomic E-state index is 10.7. The molecule has 0 spiro atoms. The van der Waals surface area contributed by atoms with Crippen molar-refractivity contribution in [3.05, 3.63) is 69.9 Å². The number of halogens is 1. The third-order valence-corrected chi connectivity index (χ3v) is 4.37. The molecular weight excluding hydrogens is 338 g/mol. The number of nitrogens with zero attached hydrogens (tertiary/aromatic N) is 5. The fraction of sp³-hybridized carbons (Fsp3) is 0.0714. The van der Waals surface area contributed by atoms with Gasteiger partial charge in [0, 0.05) is 24.7 Å². The van der Waals surface area contributed by atoms with Gasteiger partial charge in [0.05, 0.1) is 22.2 Å². The van der Waals surface area contributed by atoms with Crippen molar-refractivity contribution in [3.8, 4) is 0 Å². The van der Waals surface area contributed by atoms with E-state index in [9.17, 15) is 10.1 Å². The average Bonchev–Trinajstić information content (AvgIpc) is 2.97. The molecule has 0 saturated carbocycles. The first kappa shape index (κ1) is 15.4. The third-order valence-electron chi connectivity index (χ3n) is 2.93. The zero-order valence-corrected chi connectivity index (χ0v) is 13.2. The lowest BCUT2D eigenvalue weighted by molar-refractivity contribution is -0.385. The summed E-state index contributed by atoms with van der Waals surface area (Å²) < 4.78 is 1.91. The number of imidazole rings is 1. The van der Waals surface area contributed by atoms with E-state index in [2.05, 4.69) is 15.0 Å². The minimum absolute atomic E-state index is 0.142. The molecule has 3 aromatic rings. The van der Waals surface area contributed by atoms with Crippen molar-refractivity contribution >= 4 is 29.1 Å². The van der Waals surface area contributed by atoms with E-state index >= 15 is 0 Å². The minimum Gasteiger partial charge on any atom is -0.320 e. The molecule has 0 aromatic carbocycles. The second-order valence-electron chi connectivity index (χ2n) is 4.50. The second-order valence-corrected chi connectivity index (χ2v) is 5.86. The molecular formula is C14H10ClN5O2S. The van der Waals surface area contributed by atoms with Gasteiger partial charge in [-0.3, -0.25) is 15.1 Å². The van der Waals surface area contributed by atoms with Gasteiger partial charge in [-0.2, -0.15) is 0 Å². The summed E-state index contributed by atoms with van der Waals surface area (Å²) in [6.45, 7) is 0.563. The van der Waals surface area contributed by atoms with Crippen LogP contribution in [0.25, 0.3) is 0 Å². The molecule has 7 nitrogen and oxygen atoms in total. The summed E-state index contributed by atoms with van der Waals surface area (Å²) in [4.78, 5) is 22.8. The fourth-order valence-electron chi connectivity index (χ4n) is 1.86. The highest BCUT2D eigenvalue weighted by atomic mass is 35.5. The first-order valence-electron chi connectivity index (χ1n) is 6.52. The van der Waals surface area contributed by atoms with Gasteiger partial charge in [0.2, 0.25) is 0 Å². The molecule has 23 heavy (non-hydrogen) atoms. The molecule has 0 radical (unpaired) electrons. The Morgan fingerprint density at radius 2 is 2.13 bits per heavy atom. The van der Waals surface area contributed by atoms with Crippen molar-refractivity contribution in [2.75, 3.05) is 0 Å². The first-order valence-corrected chi connectivity index (χ1v) is 7.72. The summed E-state index contributed by atoms with van der Waals surface area (Å²) in [7, 11) is 0. The molecule has 3 rings (SSSR count). The lowest BCUT2D eigenvalue weighted by Gasteiger charge is -2.07. The highest BCUT2D eigenvalue weighted by Crippen LogP contribution is 2.32. The summed E-state index contributed by atoms with van der Waals surface area (Å²) in [5.74, 6) is 0. The predicted octanol–water partition coefficient (Wildman–Crippen LogP) is 3.43. The molecule has 3 aromatic heterocycles. The number of aromatic nitrogens is 4. The van der Waals surface area contributed by atoms with E-state index in [1.165, 1.54) is 24.0 Å². The number of hydrogen-bond acceptors (Lipinski definition) is 6. The van der Waals surface area contributed by atoms with Crippen molar-refractivity contribution in [1.29, 1.82) is 0 Å². The largest absolute Gasteiger partial charge is 0.320 e. The third kappa shape index (κ3) is 3.66.